The Labute approximate surface area is 121 Å². The lowest BCUT2D eigenvalue weighted by Gasteiger charge is -2.15. The van der Waals surface area contributed by atoms with Crippen molar-refractivity contribution in [3.63, 3.8) is 0 Å². The zero-order valence-corrected chi connectivity index (χ0v) is 12.7. The quantitative estimate of drug-likeness (QED) is 0.816. The Morgan fingerprint density at radius 1 is 1.40 bits per heavy atom. The van der Waals surface area contributed by atoms with Crippen molar-refractivity contribution in [3.8, 4) is 0 Å². The minimum absolute atomic E-state index is 0.104. The van der Waals surface area contributed by atoms with Gasteiger partial charge in [0.05, 0.1) is 17.2 Å². The van der Waals surface area contributed by atoms with Crippen LogP contribution in [-0.4, -0.2) is 33.0 Å². The van der Waals surface area contributed by atoms with Crippen molar-refractivity contribution < 1.29 is 9.32 Å². The van der Waals surface area contributed by atoms with Gasteiger partial charge in [-0.25, -0.2) is 4.98 Å². The van der Waals surface area contributed by atoms with Crippen LogP contribution in [0, 0.1) is 13.8 Å². The Balaban J connectivity index is 1.73. The van der Waals surface area contributed by atoms with Gasteiger partial charge in [-0.1, -0.05) is 5.16 Å². The Hall–Kier alpha value is -1.76. The first-order chi connectivity index (χ1) is 9.54. The number of carbonyl (C=O) groups is 1. The molecule has 0 aromatic carbocycles. The van der Waals surface area contributed by atoms with E-state index in [2.05, 4.69) is 15.1 Å². The lowest BCUT2D eigenvalue weighted by atomic mass is 10.2. The predicted octanol–water partition coefficient (Wildman–Crippen LogP) is 2.12. The highest BCUT2D eigenvalue weighted by atomic mass is 32.1. The number of hydrogen-bond acceptors (Lipinski definition) is 6. The third kappa shape index (κ3) is 4.12. The van der Waals surface area contributed by atoms with Gasteiger partial charge in [-0.05, 0) is 20.3 Å². The zero-order chi connectivity index (χ0) is 14.5. The number of rotatable bonds is 6. The fourth-order valence-electron chi connectivity index (χ4n) is 1.84. The Kier molecular flexibility index (Phi) is 4.84. The van der Waals surface area contributed by atoms with E-state index in [0.29, 0.717) is 37.5 Å². The molecule has 0 fully saturated rings. The van der Waals surface area contributed by atoms with E-state index >= 15 is 0 Å². The summed E-state index contributed by atoms with van der Waals surface area (Å²) in [5.41, 5.74) is 0.941. The van der Waals surface area contributed by atoms with Crippen LogP contribution in [0.4, 0.5) is 0 Å². The van der Waals surface area contributed by atoms with Gasteiger partial charge in [0, 0.05) is 25.3 Å². The van der Waals surface area contributed by atoms with Crippen molar-refractivity contribution in [2.24, 2.45) is 0 Å². The molecule has 108 valence electrons. The molecule has 6 nitrogen and oxygen atoms in total. The summed E-state index contributed by atoms with van der Waals surface area (Å²) in [5.74, 6) is 1.32. The summed E-state index contributed by atoms with van der Waals surface area (Å²) >= 11 is 1.60. The van der Waals surface area contributed by atoms with Crippen molar-refractivity contribution in [1.29, 1.82) is 0 Å². The highest BCUT2D eigenvalue weighted by Gasteiger charge is 2.11. The highest BCUT2D eigenvalue weighted by Crippen LogP contribution is 2.11. The number of thiazole rings is 1. The van der Waals surface area contributed by atoms with Crippen LogP contribution >= 0.6 is 11.3 Å². The van der Waals surface area contributed by atoms with Crippen molar-refractivity contribution in [1.82, 2.24) is 20.0 Å². The Bertz CT molecular complexity index is 578. The molecule has 0 spiro atoms. The molecule has 7 heteroatoms. The van der Waals surface area contributed by atoms with Crippen LogP contribution < -0.4 is 0 Å². The lowest BCUT2D eigenvalue weighted by Crippen LogP contribution is -2.26. The molecule has 0 bridgehead atoms. The fraction of sp³-hybridized carbons (Fsp3) is 0.538. The molecule has 2 heterocycles. The molecule has 2 aromatic rings. The molecule has 0 aliphatic carbocycles. The maximum Gasteiger partial charge on any atom is 0.226 e. The van der Waals surface area contributed by atoms with Crippen molar-refractivity contribution in [3.05, 3.63) is 27.8 Å². The van der Waals surface area contributed by atoms with Gasteiger partial charge < -0.3 is 9.42 Å². The van der Waals surface area contributed by atoms with Gasteiger partial charge in [-0.15, -0.1) is 11.3 Å². The van der Waals surface area contributed by atoms with Gasteiger partial charge in [0.2, 0.25) is 11.8 Å². The number of hydrogen-bond donors (Lipinski definition) is 0. The van der Waals surface area contributed by atoms with E-state index in [9.17, 15) is 4.79 Å². The molecule has 0 saturated carbocycles. The van der Waals surface area contributed by atoms with Crippen molar-refractivity contribution in [2.75, 3.05) is 7.05 Å². The Morgan fingerprint density at radius 3 is 2.80 bits per heavy atom. The maximum absolute atomic E-state index is 12.0. The standard InChI is InChI=1S/C13H18N4O2S/c1-9-14-12(19-16-9)5-4-6-13(18)17(3)7-11-8-20-10(2)15-11/h8H,4-7H2,1-3H3. The molecule has 2 aromatic heterocycles. The average molecular weight is 294 g/mol. The zero-order valence-electron chi connectivity index (χ0n) is 11.9. The topological polar surface area (TPSA) is 72.1 Å². The van der Waals surface area contributed by atoms with Crippen molar-refractivity contribution >= 4 is 17.2 Å². The van der Waals surface area contributed by atoms with E-state index in [1.807, 2.05) is 12.3 Å². The van der Waals surface area contributed by atoms with E-state index < -0.39 is 0 Å². The number of aromatic nitrogens is 3. The summed E-state index contributed by atoms with van der Waals surface area (Å²) in [6.45, 7) is 4.30. The van der Waals surface area contributed by atoms with E-state index in [1.165, 1.54) is 0 Å². The molecule has 0 radical (unpaired) electrons. The minimum Gasteiger partial charge on any atom is -0.340 e. The summed E-state index contributed by atoms with van der Waals surface area (Å²) in [7, 11) is 1.80. The number of carbonyl (C=O) groups excluding carboxylic acids is 1. The van der Waals surface area contributed by atoms with Crippen LogP contribution in [0.3, 0.4) is 0 Å². The van der Waals surface area contributed by atoms with Gasteiger partial charge in [-0.3, -0.25) is 4.79 Å². The monoisotopic (exact) mass is 294 g/mol. The second kappa shape index (κ2) is 6.60. The van der Waals surface area contributed by atoms with E-state index in [0.717, 1.165) is 10.7 Å². The first kappa shape index (κ1) is 14.6. The number of aryl methyl sites for hydroxylation is 3. The normalized spacial score (nSPS) is 10.8. The van der Waals surface area contributed by atoms with Crippen LogP contribution in [-0.2, 0) is 17.8 Å². The largest absolute Gasteiger partial charge is 0.340 e. The molecule has 0 saturated heterocycles. The van der Waals surface area contributed by atoms with Gasteiger partial charge in [0.15, 0.2) is 5.82 Å². The van der Waals surface area contributed by atoms with Crippen LogP contribution in [0.1, 0.15) is 35.3 Å². The van der Waals surface area contributed by atoms with Gasteiger partial charge in [0.1, 0.15) is 0 Å². The SMILES string of the molecule is Cc1noc(CCCC(=O)N(C)Cc2csc(C)n2)n1. The van der Waals surface area contributed by atoms with Gasteiger partial charge >= 0.3 is 0 Å². The van der Waals surface area contributed by atoms with E-state index in [4.69, 9.17) is 4.52 Å². The first-order valence-electron chi connectivity index (χ1n) is 6.49. The van der Waals surface area contributed by atoms with Gasteiger partial charge in [0.25, 0.3) is 0 Å². The highest BCUT2D eigenvalue weighted by molar-refractivity contribution is 7.09. The van der Waals surface area contributed by atoms with Crippen LogP contribution in [0.2, 0.25) is 0 Å². The minimum atomic E-state index is 0.104. The molecule has 0 aliphatic rings. The molecule has 0 atom stereocenters. The summed E-state index contributed by atoms with van der Waals surface area (Å²) in [6, 6.07) is 0. The van der Waals surface area contributed by atoms with Crippen LogP contribution in [0.5, 0.6) is 0 Å². The summed E-state index contributed by atoms with van der Waals surface area (Å²) in [6.07, 6.45) is 1.82. The molecule has 20 heavy (non-hydrogen) atoms. The van der Waals surface area contributed by atoms with Crippen LogP contribution in [0.15, 0.2) is 9.90 Å². The van der Waals surface area contributed by atoms with Gasteiger partial charge in [-0.2, -0.15) is 4.98 Å². The third-order valence-corrected chi connectivity index (χ3v) is 3.66. The second-order valence-electron chi connectivity index (χ2n) is 4.70. The second-order valence-corrected chi connectivity index (χ2v) is 5.76. The third-order valence-electron chi connectivity index (χ3n) is 2.84. The molecular formula is C13H18N4O2S. The van der Waals surface area contributed by atoms with E-state index in [1.54, 1.807) is 30.2 Å². The number of nitrogens with zero attached hydrogens (tertiary/aromatic N) is 4. The fourth-order valence-corrected chi connectivity index (χ4v) is 2.44. The molecule has 0 unspecified atom stereocenters. The lowest BCUT2D eigenvalue weighted by molar-refractivity contribution is -0.130. The molecule has 0 N–H and O–H groups in total. The molecule has 0 aliphatic heterocycles. The summed E-state index contributed by atoms with van der Waals surface area (Å²) in [5, 5.41) is 6.73. The molecular weight excluding hydrogens is 276 g/mol. The number of amides is 1. The van der Waals surface area contributed by atoms with E-state index in [-0.39, 0.29) is 5.91 Å². The Morgan fingerprint density at radius 2 is 2.20 bits per heavy atom. The predicted molar refractivity (Wildman–Crippen MR) is 75.3 cm³/mol. The van der Waals surface area contributed by atoms with Crippen LogP contribution in [0.25, 0.3) is 0 Å². The molecule has 1 amide bonds. The average Bonchev–Trinajstić information content (AvgIpc) is 2.98. The maximum atomic E-state index is 12.0. The summed E-state index contributed by atoms with van der Waals surface area (Å²) in [4.78, 5) is 22.2. The first-order valence-corrected chi connectivity index (χ1v) is 7.36. The van der Waals surface area contributed by atoms with Crippen molar-refractivity contribution in [2.45, 2.75) is 39.7 Å². The smallest absolute Gasteiger partial charge is 0.226 e. The summed E-state index contributed by atoms with van der Waals surface area (Å²) < 4.78 is 5.01. The molecule has 2 rings (SSSR count).